The van der Waals surface area contributed by atoms with Gasteiger partial charge in [0.2, 0.25) is 0 Å². The molecule has 0 amide bonds. The SMILES string of the molecule is CC[C@]12C=CCN3CCc4c(n(c5ccccc45)C(OC)C1)C32. The quantitative estimate of drug-likeness (QED) is 0.779. The summed E-state index contributed by atoms with van der Waals surface area (Å²) in [6.07, 6.45) is 8.42. The van der Waals surface area contributed by atoms with E-state index in [4.69, 9.17) is 4.74 Å². The average Bonchev–Trinajstić information content (AvgIpc) is 2.95. The summed E-state index contributed by atoms with van der Waals surface area (Å²) in [5.41, 5.74) is 4.67. The van der Waals surface area contributed by atoms with Crippen molar-refractivity contribution in [2.24, 2.45) is 5.41 Å². The number of methoxy groups -OCH3 is 1. The molecule has 4 heterocycles. The highest BCUT2D eigenvalue weighted by Crippen LogP contribution is 2.57. The van der Waals surface area contributed by atoms with Gasteiger partial charge in [-0.25, -0.2) is 0 Å². The molecule has 1 aromatic carbocycles. The van der Waals surface area contributed by atoms with Crippen LogP contribution in [0.4, 0.5) is 0 Å². The first-order chi connectivity index (χ1) is 11.3. The van der Waals surface area contributed by atoms with Crippen LogP contribution in [0.5, 0.6) is 0 Å². The van der Waals surface area contributed by atoms with E-state index in [1.807, 2.05) is 7.11 Å². The van der Waals surface area contributed by atoms with E-state index in [-0.39, 0.29) is 11.6 Å². The molecule has 5 rings (SSSR count). The third-order valence-electron chi connectivity index (χ3n) is 6.44. The summed E-state index contributed by atoms with van der Waals surface area (Å²) >= 11 is 0. The maximum atomic E-state index is 5.98. The summed E-state index contributed by atoms with van der Waals surface area (Å²) < 4.78 is 8.49. The Bertz CT molecular complexity index is 805. The number of fused-ring (bicyclic) bond motifs is 3. The number of nitrogens with zero attached hydrogens (tertiary/aromatic N) is 2. The van der Waals surface area contributed by atoms with Gasteiger partial charge in [0, 0.05) is 43.1 Å². The molecule has 2 aromatic rings. The molecular weight excluding hydrogens is 284 g/mol. The molecule has 2 unspecified atom stereocenters. The second-order valence-corrected chi connectivity index (χ2v) is 7.28. The van der Waals surface area contributed by atoms with Crippen molar-refractivity contribution in [3.05, 3.63) is 47.7 Å². The molecule has 0 N–H and O–H groups in total. The van der Waals surface area contributed by atoms with Gasteiger partial charge in [0.15, 0.2) is 0 Å². The zero-order chi connectivity index (χ0) is 15.6. The Kier molecular flexibility index (Phi) is 2.83. The number of aromatic nitrogens is 1. The van der Waals surface area contributed by atoms with Crippen LogP contribution in [0.25, 0.3) is 10.9 Å². The molecular formula is C20H24N2O. The second-order valence-electron chi connectivity index (χ2n) is 7.28. The molecule has 0 aliphatic carbocycles. The molecule has 0 fully saturated rings. The molecule has 3 aliphatic heterocycles. The van der Waals surface area contributed by atoms with Gasteiger partial charge >= 0.3 is 0 Å². The Balaban J connectivity index is 1.87. The lowest BCUT2D eigenvalue weighted by molar-refractivity contribution is -0.0530. The highest BCUT2D eigenvalue weighted by Gasteiger charge is 2.51. The van der Waals surface area contributed by atoms with E-state index in [0.717, 1.165) is 19.4 Å². The van der Waals surface area contributed by atoms with Gasteiger partial charge in [-0.3, -0.25) is 4.90 Å². The van der Waals surface area contributed by atoms with E-state index >= 15 is 0 Å². The number of rotatable bonds is 2. The van der Waals surface area contributed by atoms with Crippen LogP contribution in [0.15, 0.2) is 36.4 Å². The first-order valence-corrected chi connectivity index (χ1v) is 8.85. The van der Waals surface area contributed by atoms with Gasteiger partial charge in [0.25, 0.3) is 0 Å². The topological polar surface area (TPSA) is 17.4 Å². The zero-order valence-corrected chi connectivity index (χ0v) is 14.0. The van der Waals surface area contributed by atoms with Crippen molar-refractivity contribution >= 4 is 10.9 Å². The Morgan fingerprint density at radius 1 is 1.30 bits per heavy atom. The molecule has 0 saturated heterocycles. The molecule has 3 atom stereocenters. The summed E-state index contributed by atoms with van der Waals surface area (Å²) in [6, 6.07) is 9.41. The van der Waals surface area contributed by atoms with E-state index in [1.165, 1.54) is 29.6 Å². The monoisotopic (exact) mass is 308 g/mol. The number of ether oxygens (including phenoxy) is 1. The van der Waals surface area contributed by atoms with Crippen molar-refractivity contribution in [2.45, 2.75) is 38.5 Å². The standard InChI is InChI=1S/C20H24N2O/c1-3-20-10-6-11-21-12-9-15-14-7-4-5-8-16(14)22(17(13-20)23-2)18(15)19(20)21/h4-8,10,17,19H,3,9,11-13H2,1-2H3/t17?,19?,20-/m0/s1. The number of para-hydroxylation sites is 1. The number of hydrogen-bond donors (Lipinski definition) is 0. The minimum atomic E-state index is 0.141. The fourth-order valence-corrected chi connectivity index (χ4v) is 5.37. The molecule has 0 saturated carbocycles. The molecule has 3 heteroatoms. The summed E-state index contributed by atoms with van der Waals surface area (Å²) in [5.74, 6) is 0. The van der Waals surface area contributed by atoms with Crippen LogP contribution < -0.4 is 0 Å². The van der Waals surface area contributed by atoms with Crippen LogP contribution in [-0.2, 0) is 11.2 Å². The van der Waals surface area contributed by atoms with E-state index in [0.29, 0.717) is 6.04 Å². The lowest BCUT2D eigenvalue weighted by Gasteiger charge is -2.54. The summed E-state index contributed by atoms with van der Waals surface area (Å²) in [6.45, 7) is 4.60. The zero-order valence-electron chi connectivity index (χ0n) is 14.0. The normalized spacial score (nSPS) is 32.3. The predicted molar refractivity (Wildman–Crippen MR) is 92.5 cm³/mol. The van der Waals surface area contributed by atoms with Crippen molar-refractivity contribution in [1.29, 1.82) is 0 Å². The molecule has 23 heavy (non-hydrogen) atoms. The van der Waals surface area contributed by atoms with Crippen LogP contribution in [0.3, 0.4) is 0 Å². The summed E-state index contributed by atoms with van der Waals surface area (Å²) in [4.78, 5) is 2.69. The van der Waals surface area contributed by atoms with Crippen LogP contribution in [0, 0.1) is 5.41 Å². The van der Waals surface area contributed by atoms with Crippen molar-refractivity contribution in [3.8, 4) is 0 Å². The van der Waals surface area contributed by atoms with E-state index in [2.05, 4.69) is 52.8 Å². The minimum absolute atomic E-state index is 0.141. The highest BCUT2D eigenvalue weighted by molar-refractivity contribution is 5.86. The Morgan fingerprint density at radius 2 is 2.17 bits per heavy atom. The molecule has 120 valence electrons. The molecule has 1 aromatic heterocycles. The van der Waals surface area contributed by atoms with Gasteiger partial charge in [-0.1, -0.05) is 37.3 Å². The average molecular weight is 308 g/mol. The van der Waals surface area contributed by atoms with E-state index in [9.17, 15) is 0 Å². The highest BCUT2D eigenvalue weighted by atomic mass is 16.5. The van der Waals surface area contributed by atoms with E-state index in [1.54, 1.807) is 5.56 Å². The van der Waals surface area contributed by atoms with Gasteiger partial charge in [-0.05, 0) is 24.5 Å². The van der Waals surface area contributed by atoms with Crippen LogP contribution in [-0.4, -0.2) is 29.7 Å². The molecule has 0 radical (unpaired) electrons. The van der Waals surface area contributed by atoms with Crippen molar-refractivity contribution in [3.63, 3.8) is 0 Å². The third kappa shape index (κ3) is 1.62. The van der Waals surface area contributed by atoms with Gasteiger partial charge in [0.05, 0.1) is 11.6 Å². The first-order valence-electron chi connectivity index (χ1n) is 8.85. The van der Waals surface area contributed by atoms with Crippen molar-refractivity contribution in [2.75, 3.05) is 20.2 Å². The number of benzene rings is 1. The van der Waals surface area contributed by atoms with Gasteiger partial charge in [0.1, 0.15) is 6.23 Å². The molecule has 0 spiro atoms. The maximum absolute atomic E-state index is 5.98. The molecule has 3 aliphatic rings. The molecule has 0 bridgehead atoms. The summed E-state index contributed by atoms with van der Waals surface area (Å²) in [7, 11) is 1.86. The van der Waals surface area contributed by atoms with E-state index < -0.39 is 0 Å². The lowest BCUT2D eigenvalue weighted by atomic mass is 9.67. The largest absolute Gasteiger partial charge is 0.361 e. The van der Waals surface area contributed by atoms with Crippen LogP contribution in [0.2, 0.25) is 0 Å². The maximum Gasteiger partial charge on any atom is 0.134 e. The molecule has 3 nitrogen and oxygen atoms in total. The predicted octanol–water partition coefficient (Wildman–Crippen LogP) is 4.06. The number of hydrogen-bond acceptors (Lipinski definition) is 2. The third-order valence-corrected chi connectivity index (χ3v) is 6.44. The van der Waals surface area contributed by atoms with Crippen LogP contribution >= 0.6 is 0 Å². The van der Waals surface area contributed by atoms with Gasteiger partial charge in [-0.2, -0.15) is 0 Å². The Labute approximate surface area is 137 Å². The Morgan fingerprint density at radius 3 is 3.00 bits per heavy atom. The van der Waals surface area contributed by atoms with Crippen LogP contribution in [0.1, 0.15) is 43.3 Å². The summed E-state index contributed by atoms with van der Waals surface area (Å²) in [5, 5.41) is 1.44. The second kappa shape index (κ2) is 4.71. The fourth-order valence-electron chi connectivity index (χ4n) is 5.37. The van der Waals surface area contributed by atoms with Crippen molar-refractivity contribution < 1.29 is 4.74 Å². The smallest absolute Gasteiger partial charge is 0.134 e. The van der Waals surface area contributed by atoms with Gasteiger partial charge in [-0.15, -0.1) is 0 Å². The lowest BCUT2D eigenvalue weighted by Crippen LogP contribution is -2.51. The first kappa shape index (κ1) is 13.8. The fraction of sp³-hybridized carbons (Fsp3) is 0.500. The van der Waals surface area contributed by atoms with Gasteiger partial charge < -0.3 is 9.30 Å². The van der Waals surface area contributed by atoms with Crippen molar-refractivity contribution in [1.82, 2.24) is 9.47 Å². The minimum Gasteiger partial charge on any atom is -0.361 e. The Hall–Kier alpha value is -1.58.